The summed E-state index contributed by atoms with van der Waals surface area (Å²) >= 11 is 0. The van der Waals surface area contributed by atoms with E-state index in [0.29, 0.717) is 69.6 Å². The molecule has 6 heterocycles. The molecule has 14 nitrogen and oxygen atoms in total. The van der Waals surface area contributed by atoms with Crippen molar-refractivity contribution in [3.8, 4) is 5.75 Å². The van der Waals surface area contributed by atoms with Crippen LogP contribution in [0.2, 0.25) is 0 Å². The molecule has 3 fully saturated rings. The highest BCUT2D eigenvalue weighted by Crippen LogP contribution is 2.67. The number of piperidine rings is 1. The lowest BCUT2D eigenvalue weighted by atomic mass is 9.47. The van der Waals surface area contributed by atoms with Gasteiger partial charge in [-0.2, -0.15) is 0 Å². The minimum absolute atomic E-state index is 0.0695. The van der Waals surface area contributed by atoms with Crippen molar-refractivity contribution in [2.45, 2.75) is 79.8 Å². The van der Waals surface area contributed by atoms with E-state index < -0.39 is 52.0 Å². The lowest BCUT2D eigenvalue weighted by Crippen LogP contribution is -2.81. The van der Waals surface area contributed by atoms with Gasteiger partial charge in [0.1, 0.15) is 17.3 Å². The van der Waals surface area contributed by atoms with Crippen LogP contribution in [0.25, 0.3) is 10.9 Å². The number of carbonyl (C=O) groups excluding carboxylic acids is 2. The third kappa shape index (κ3) is 5.56. The Labute approximate surface area is 345 Å². The molecule has 9 rings (SSSR count). The Morgan fingerprint density at radius 2 is 1.86 bits per heavy atom. The highest BCUT2D eigenvalue weighted by molar-refractivity contribution is 5.95. The van der Waals surface area contributed by atoms with Crippen molar-refractivity contribution in [1.29, 1.82) is 0 Å². The van der Waals surface area contributed by atoms with Gasteiger partial charge in [-0.25, -0.2) is 0 Å². The monoisotopic (exact) mass is 813 g/mol. The maximum Gasteiger partial charge on any atom is 0.322 e. The summed E-state index contributed by atoms with van der Waals surface area (Å²) in [5.74, 6) is -0.738. The van der Waals surface area contributed by atoms with Crippen LogP contribution in [0.15, 0.2) is 48.6 Å². The zero-order chi connectivity index (χ0) is 41.5. The number of ether oxygens (including phenoxy) is 3. The number of nitrogens with one attached hydrogen (secondary N) is 2. The summed E-state index contributed by atoms with van der Waals surface area (Å²) in [7, 11) is 4.90. The van der Waals surface area contributed by atoms with Gasteiger partial charge in [0.15, 0.2) is 5.60 Å². The van der Waals surface area contributed by atoms with Crippen molar-refractivity contribution >= 4 is 28.5 Å². The van der Waals surface area contributed by atoms with Crippen LogP contribution in [-0.2, 0) is 36.3 Å². The minimum Gasteiger partial charge on any atom is -0.496 e. The Kier molecular flexibility index (Phi) is 10.2. The van der Waals surface area contributed by atoms with Crippen molar-refractivity contribution in [3.63, 3.8) is 0 Å². The molecule has 2 bridgehead atoms. The number of hydrogen-bond donors (Lipinski definition) is 6. The van der Waals surface area contributed by atoms with Crippen molar-refractivity contribution in [1.82, 2.24) is 20.1 Å². The number of aromatic amines is 1. The van der Waals surface area contributed by atoms with E-state index >= 15 is 4.79 Å². The molecule has 1 amide bonds. The highest BCUT2D eigenvalue weighted by Gasteiger charge is 2.78. The number of benzene rings is 2. The molecule has 0 radical (unpaired) electrons. The second-order valence-electron chi connectivity index (χ2n) is 17.8. The van der Waals surface area contributed by atoms with Crippen molar-refractivity contribution in [2.75, 3.05) is 85.3 Å². The molecule has 6 N–H and O–H groups in total. The van der Waals surface area contributed by atoms with Gasteiger partial charge in [0.25, 0.3) is 5.91 Å². The normalized spacial score (nSPS) is 35.8. The van der Waals surface area contributed by atoms with Gasteiger partial charge >= 0.3 is 5.97 Å². The van der Waals surface area contributed by atoms with E-state index in [4.69, 9.17) is 14.2 Å². The van der Waals surface area contributed by atoms with Crippen LogP contribution in [-0.4, -0.2) is 157 Å². The van der Waals surface area contributed by atoms with Gasteiger partial charge < -0.3 is 54.7 Å². The standard InChI is InChI=1S/C45H59N5O9/c1-5-42-12-8-15-50-17-13-43(37(42)50)31-22-32(35(57-3)23-34(31)48(2)38(43)45(56,39(42)53)40(54)46-14-19-59-20-18-51)44(41(55)58-4)24-27-21-28(52)26-49(25-27)16-11-30-29-9-6-7-10-33(29)47-36(30)44/h6-10,12,22-23,27-28,37-39,47,51-53,56H,5,11,13-21,24-26H2,1-4H3,(H,46,54)/t27?,28-,37?,38+,39?,42+,43?,44-,45-/m0/s1. The van der Waals surface area contributed by atoms with Gasteiger partial charge in [0, 0.05) is 90.6 Å². The fourth-order valence-electron chi connectivity index (χ4n) is 13.1. The molecule has 14 heteroatoms. The smallest absolute Gasteiger partial charge is 0.322 e. The number of carbonyl (C=O) groups is 2. The molecule has 10 atom stereocenters. The number of para-hydroxylation sites is 1. The summed E-state index contributed by atoms with van der Waals surface area (Å²) in [5, 5.41) is 50.3. The van der Waals surface area contributed by atoms with Crippen LogP contribution < -0.4 is 15.0 Å². The van der Waals surface area contributed by atoms with E-state index in [2.05, 4.69) is 32.2 Å². The minimum atomic E-state index is -2.29. The van der Waals surface area contributed by atoms with Crippen molar-refractivity contribution in [2.24, 2.45) is 11.3 Å². The van der Waals surface area contributed by atoms with Crippen LogP contribution in [0.5, 0.6) is 5.75 Å². The second-order valence-corrected chi connectivity index (χ2v) is 17.8. The maximum atomic E-state index is 15.2. The third-order valence-corrected chi connectivity index (χ3v) is 15.2. The molecule has 3 aromatic rings. The number of anilines is 1. The van der Waals surface area contributed by atoms with Crippen LogP contribution >= 0.6 is 0 Å². The SMILES string of the molecule is CC[C@]12C=CCN3CCC4(c5cc([C@@]6(C(=O)OC)CC7C[C@H](O)CN(CCc8c6[nH]c6ccccc86)C7)c(OC)cc5N(C)[C@H]4[C@@](O)(C(=O)NCCOCCO)C1O)C32. The van der Waals surface area contributed by atoms with E-state index in [1.165, 1.54) is 7.11 Å². The third-order valence-electron chi connectivity index (χ3n) is 15.2. The molecule has 1 spiro atoms. The first-order valence-corrected chi connectivity index (χ1v) is 21.3. The van der Waals surface area contributed by atoms with Gasteiger partial charge in [0.2, 0.25) is 0 Å². The first-order valence-electron chi connectivity index (χ1n) is 21.3. The second kappa shape index (κ2) is 14.9. The van der Waals surface area contributed by atoms with E-state index in [1.807, 2.05) is 55.3 Å². The number of methoxy groups -OCH3 is 2. The average Bonchev–Trinajstić information content (AvgIpc) is 3.90. The van der Waals surface area contributed by atoms with Crippen LogP contribution in [0.1, 0.15) is 55.0 Å². The Hall–Kier alpha value is -4.02. The number of aromatic nitrogens is 1. The van der Waals surface area contributed by atoms with E-state index in [9.17, 15) is 25.2 Å². The number of amides is 1. The summed E-state index contributed by atoms with van der Waals surface area (Å²) in [4.78, 5) is 40.2. The summed E-state index contributed by atoms with van der Waals surface area (Å²) in [6, 6.07) is 11.0. The summed E-state index contributed by atoms with van der Waals surface area (Å²) in [5.41, 5.74) is -0.627. The number of fused-ring (bicyclic) bond motifs is 6. The molecule has 2 aromatic carbocycles. The molecular formula is C45H59N5O9. The van der Waals surface area contributed by atoms with Crippen LogP contribution in [0.3, 0.4) is 0 Å². The number of likely N-dealkylation sites (N-methyl/N-ethyl adjacent to an activating group) is 1. The molecule has 5 aliphatic heterocycles. The molecule has 6 aliphatic rings. The van der Waals surface area contributed by atoms with Crippen molar-refractivity contribution in [3.05, 3.63) is 70.9 Å². The number of esters is 1. The average molecular weight is 814 g/mol. The summed E-state index contributed by atoms with van der Waals surface area (Å²) < 4.78 is 17.7. The number of aliphatic hydroxyl groups is 4. The van der Waals surface area contributed by atoms with Gasteiger partial charge in [-0.3, -0.25) is 14.5 Å². The number of rotatable bonds is 10. The molecule has 59 heavy (non-hydrogen) atoms. The van der Waals surface area contributed by atoms with Gasteiger partial charge in [-0.15, -0.1) is 0 Å². The predicted molar refractivity (Wildman–Crippen MR) is 221 cm³/mol. The lowest BCUT2D eigenvalue weighted by Gasteiger charge is -2.63. The first kappa shape index (κ1) is 40.4. The molecule has 2 saturated heterocycles. The molecule has 1 aromatic heterocycles. The largest absolute Gasteiger partial charge is 0.496 e. The van der Waals surface area contributed by atoms with E-state index in [-0.39, 0.29) is 38.3 Å². The molecule has 318 valence electrons. The molecule has 5 unspecified atom stereocenters. The Morgan fingerprint density at radius 3 is 2.63 bits per heavy atom. The summed E-state index contributed by atoms with van der Waals surface area (Å²) in [6.07, 6.45) is 4.62. The van der Waals surface area contributed by atoms with Gasteiger partial charge in [-0.1, -0.05) is 37.3 Å². The lowest BCUT2D eigenvalue weighted by molar-refractivity contribution is -0.203. The van der Waals surface area contributed by atoms with Crippen molar-refractivity contribution < 1.29 is 44.2 Å². The molecular weight excluding hydrogens is 755 g/mol. The Morgan fingerprint density at radius 1 is 1.05 bits per heavy atom. The molecule has 1 saturated carbocycles. The van der Waals surface area contributed by atoms with Crippen LogP contribution in [0, 0.1) is 11.3 Å². The topological polar surface area (TPSA) is 180 Å². The zero-order valence-electron chi connectivity index (χ0n) is 34.6. The number of hydrogen-bond acceptors (Lipinski definition) is 12. The first-order chi connectivity index (χ1) is 28.5. The fraction of sp³-hybridized carbons (Fsp3) is 0.600. The Bertz CT molecular complexity index is 2160. The highest BCUT2D eigenvalue weighted by atomic mass is 16.5. The quantitative estimate of drug-likeness (QED) is 0.0992. The Balaban J connectivity index is 1.30. The number of H-pyrrole nitrogens is 1. The fourth-order valence-corrected chi connectivity index (χ4v) is 13.1. The van der Waals surface area contributed by atoms with E-state index in [0.717, 1.165) is 40.0 Å². The van der Waals surface area contributed by atoms with E-state index in [1.54, 1.807) is 7.11 Å². The van der Waals surface area contributed by atoms with Crippen LogP contribution in [0.4, 0.5) is 5.69 Å². The molecule has 1 aliphatic carbocycles. The zero-order valence-corrected chi connectivity index (χ0v) is 34.6. The van der Waals surface area contributed by atoms with Gasteiger partial charge in [0.05, 0.1) is 46.2 Å². The number of aliphatic hydroxyl groups excluding tert-OH is 3. The number of nitrogens with zero attached hydrogens (tertiary/aromatic N) is 3. The summed E-state index contributed by atoms with van der Waals surface area (Å²) in [6.45, 7) is 5.51. The van der Waals surface area contributed by atoms with Gasteiger partial charge in [-0.05, 0) is 67.8 Å². The predicted octanol–water partition coefficient (Wildman–Crippen LogP) is 1.59. The maximum absolute atomic E-state index is 15.2.